The molecular weight excluding hydrogens is 302 g/mol. The Morgan fingerprint density at radius 1 is 1.08 bits per heavy atom. The molecule has 0 saturated carbocycles. The van der Waals surface area contributed by atoms with E-state index in [2.05, 4.69) is 12.1 Å². The summed E-state index contributed by atoms with van der Waals surface area (Å²) in [6, 6.07) is 7.79. The van der Waals surface area contributed by atoms with Gasteiger partial charge in [-0.25, -0.2) is 0 Å². The Labute approximate surface area is 141 Å². The minimum absolute atomic E-state index is 0.0515. The van der Waals surface area contributed by atoms with E-state index in [1.165, 1.54) is 16.0 Å². The summed E-state index contributed by atoms with van der Waals surface area (Å²) in [5.41, 5.74) is 2.50. The number of likely N-dealkylation sites (tertiary alicyclic amines) is 1. The van der Waals surface area contributed by atoms with E-state index in [1.807, 2.05) is 18.2 Å². The van der Waals surface area contributed by atoms with E-state index in [9.17, 15) is 9.59 Å². The van der Waals surface area contributed by atoms with Crippen molar-refractivity contribution in [3.63, 3.8) is 0 Å². The van der Waals surface area contributed by atoms with Crippen LogP contribution in [0.4, 0.5) is 0 Å². The minimum Gasteiger partial charge on any atom is -0.330 e. The van der Waals surface area contributed by atoms with Gasteiger partial charge in [-0.3, -0.25) is 19.9 Å². The summed E-state index contributed by atoms with van der Waals surface area (Å²) in [7, 11) is 0. The zero-order valence-corrected chi connectivity index (χ0v) is 13.6. The average molecular weight is 323 g/mol. The SMILES string of the molecule is N=C1CC=CN1C(=O)[C@@H]1CCCN1C(=O)C1Cc2ccccc2C1. The first kappa shape index (κ1) is 15.1. The molecule has 1 aromatic rings. The third-order valence-corrected chi connectivity index (χ3v) is 5.32. The summed E-state index contributed by atoms with van der Waals surface area (Å²) in [5, 5.41) is 7.87. The van der Waals surface area contributed by atoms with Crippen LogP contribution >= 0.6 is 0 Å². The summed E-state index contributed by atoms with van der Waals surface area (Å²) < 4.78 is 0. The monoisotopic (exact) mass is 323 g/mol. The van der Waals surface area contributed by atoms with E-state index in [1.54, 1.807) is 11.1 Å². The second-order valence-electron chi connectivity index (χ2n) is 6.81. The highest BCUT2D eigenvalue weighted by Crippen LogP contribution is 2.31. The van der Waals surface area contributed by atoms with Gasteiger partial charge in [-0.15, -0.1) is 0 Å². The second kappa shape index (κ2) is 5.89. The van der Waals surface area contributed by atoms with Crippen molar-refractivity contribution in [2.75, 3.05) is 6.54 Å². The van der Waals surface area contributed by atoms with Gasteiger partial charge in [-0.05, 0) is 36.8 Å². The van der Waals surface area contributed by atoms with Gasteiger partial charge in [0.05, 0.1) is 0 Å². The molecule has 4 rings (SSSR count). The predicted molar refractivity (Wildman–Crippen MR) is 90.4 cm³/mol. The number of nitrogens with one attached hydrogen (secondary N) is 1. The van der Waals surface area contributed by atoms with Crippen LogP contribution in [0.15, 0.2) is 36.5 Å². The van der Waals surface area contributed by atoms with Crippen molar-refractivity contribution in [1.82, 2.24) is 9.80 Å². The molecule has 1 aromatic carbocycles. The molecule has 5 heteroatoms. The first-order chi connectivity index (χ1) is 11.6. The molecular formula is C19H21N3O2. The second-order valence-corrected chi connectivity index (χ2v) is 6.81. The fourth-order valence-electron chi connectivity index (χ4n) is 4.08. The molecule has 1 aliphatic carbocycles. The van der Waals surface area contributed by atoms with Crippen molar-refractivity contribution in [2.45, 2.75) is 38.1 Å². The lowest BCUT2D eigenvalue weighted by Crippen LogP contribution is -2.48. The number of benzene rings is 1. The van der Waals surface area contributed by atoms with Gasteiger partial charge in [-0.1, -0.05) is 30.3 Å². The van der Waals surface area contributed by atoms with E-state index >= 15 is 0 Å². The molecule has 1 N–H and O–H groups in total. The maximum Gasteiger partial charge on any atom is 0.254 e. The lowest BCUT2D eigenvalue weighted by Gasteiger charge is -2.29. The molecule has 5 nitrogen and oxygen atoms in total. The number of hydrogen-bond donors (Lipinski definition) is 1. The van der Waals surface area contributed by atoms with Gasteiger partial charge in [0.25, 0.3) is 5.91 Å². The van der Waals surface area contributed by atoms with E-state index in [0.717, 1.165) is 19.3 Å². The quantitative estimate of drug-likeness (QED) is 0.906. The standard InChI is InChI=1S/C19H21N3O2/c20-17-8-4-10-22(17)19(24)16-7-3-9-21(16)18(23)15-11-13-5-1-2-6-14(13)12-15/h1-2,4-6,10,15-16,20H,3,7-9,11-12H2/t16-/m0/s1. The number of carbonyl (C=O) groups excluding carboxylic acids is 2. The molecule has 1 saturated heterocycles. The molecule has 1 fully saturated rings. The number of amides is 2. The van der Waals surface area contributed by atoms with Gasteiger partial charge >= 0.3 is 0 Å². The molecule has 2 heterocycles. The molecule has 2 amide bonds. The third kappa shape index (κ3) is 2.44. The molecule has 0 unspecified atom stereocenters. The number of rotatable bonds is 2. The van der Waals surface area contributed by atoms with Gasteiger partial charge in [0, 0.05) is 25.1 Å². The lowest BCUT2D eigenvalue weighted by molar-refractivity contribution is -0.143. The van der Waals surface area contributed by atoms with Crippen LogP contribution in [0.1, 0.15) is 30.4 Å². The third-order valence-electron chi connectivity index (χ3n) is 5.32. The first-order valence-electron chi connectivity index (χ1n) is 8.59. The van der Waals surface area contributed by atoms with E-state index < -0.39 is 6.04 Å². The average Bonchev–Trinajstić information content (AvgIpc) is 3.32. The number of hydrogen-bond acceptors (Lipinski definition) is 3. The molecule has 0 spiro atoms. The molecule has 24 heavy (non-hydrogen) atoms. The van der Waals surface area contributed by atoms with E-state index in [4.69, 9.17) is 5.41 Å². The van der Waals surface area contributed by atoms with Crippen molar-refractivity contribution in [2.24, 2.45) is 5.92 Å². The largest absolute Gasteiger partial charge is 0.330 e. The normalized spacial score (nSPS) is 23.2. The van der Waals surface area contributed by atoms with Gasteiger partial charge in [0.2, 0.25) is 5.91 Å². The van der Waals surface area contributed by atoms with Crippen LogP contribution in [0.2, 0.25) is 0 Å². The van der Waals surface area contributed by atoms with Crippen molar-refractivity contribution >= 4 is 17.6 Å². The lowest BCUT2D eigenvalue weighted by atomic mass is 10.0. The van der Waals surface area contributed by atoms with Crippen LogP contribution in [-0.4, -0.2) is 40.0 Å². The minimum atomic E-state index is -0.413. The maximum atomic E-state index is 13.0. The zero-order chi connectivity index (χ0) is 16.7. The van der Waals surface area contributed by atoms with Gasteiger partial charge in [0.15, 0.2) is 0 Å². The molecule has 0 aromatic heterocycles. The Kier molecular flexibility index (Phi) is 3.71. The predicted octanol–water partition coefficient (Wildman–Crippen LogP) is 2.12. The Balaban J connectivity index is 1.49. The Hall–Kier alpha value is -2.43. The summed E-state index contributed by atoms with van der Waals surface area (Å²) in [6.07, 6.45) is 7.06. The van der Waals surface area contributed by atoms with E-state index in [0.29, 0.717) is 25.2 Å². The van der Waals surface area contributed by atoms with Crippen LogP contribution in [0, 0.1) is 11.3 Å². The molecule has 0 bridgehead atoms. The van der Waals surface area contributed by atoms with Crippen LogP contribution in [0.3, 0.4) is 0 Å². The molecule has 1 atom stereocenters. The maximum absolute atomic E-state index is 13.0. The highest BCUT2D eigenvalue weighted by Gasteiger charge is 2.41. The topological polar surface area (TPSA) is 64.5 Å². The van der Waals surface area contributed by atoms with E-state index in [-0.39, 0.29) is 17.7 Å². The molecule has 2 aliphatic heterocycles. The van der Waals surface area contributed by atoms with Crippen molar-refractivity contribution in [3.05, 3.63) is 47.7 Å². The van der Waals surface area contributed by atoms with Crippen LogP contribution < -0.4 is 0 Å². The Bertz CT molecular complexity index is 715. The summed E-state index contributed by atoms with van der Waals surface area (Å²) in [4.78, 5) is 28.9. The van der Waals surface area contributed by atoms with Gasteiger partial charge < -0.3 is 4.90 Å². The first-order valence-corrected chi connectivity index (χ1v) is 8.59. The van der Waals surface area contributed by atoms with Crippen LogP contribution in [-0.2, 0) is 22.4 Å². The Morgan fingerprint density at radius 2 is 1.79 bits per heavy atom. The summed E-state index contributed by atoms with van der Waals surface area (Å²) in [5.74, 6) is 0.212. The Morgan fingerprint density at radius 3 is 2.42 bits per heavy atom. The summed E-state index contributed by atoms with van der Waals surface area (Å²) in [6.45, 7) is 0.646. The smallest absolute Gasteiger partial charge is 0.254 e. The number of nitrogens with zero attached hydrogens (tertiary/aromatic N) is 2. The van der Waals surface area contributed by atoms with Gasteiger partial charge in [-0.2, -0.15) is 0 Å². The van der Waals surface area contributed by atoms with Crippen LogP contribution in [0.5, 0.6) is 0 Å². The molecule has 3 aliphatic rings. The number of fused-ring (bicyclic) bond motifs is 1. The van der Waals surface area contributed by atoms with Crippen molar-refractivity contribution < 1.29 is 9.59 Å². The highest BCUT2D eigenvalue weighted by atomic mass is 16.2. The van der Waals surface area contributed by atoms with Crippen molar-refractivity contribution in [1.29, 1.82) is 5.41 Å². The molecule has 124 valence electrons. The summed E-state index contributed by atoms with van der Waals surface area (Å²) >= 11 is 0. The van der Waals surface area contributed by atoms with Crippen LogP contribution in [0.25, 0.3) is 0 Å². The highest BCUT2D eigenvalue weighted by molar-refractivity contribution is 6.03. The molecule has 0 radical (unpaired) electrons. The fraction of sp³-hybridized carbons (Fsp3) is 0.421. The number of carbonyl (C=O) groups is 2. The van der Waals surface area contributed by atoms with Gasteiger partial charge in [0.1, 0.15) is 11.9 Å². The fourth-order valence-corrected chi connectivity index (χ4v) is 4.08. The zero-order valence-electron chi connectivity index (χ0n) is 13.6. The number of amidine groups is 1. The van der Waals surface area contributed by atoms with Crippen molar-refractivity contribution in [3.8, 4) is 0 Å².